The van der Waals surface area contributed by atoms with Crippen LogP contribution < -0.4 is 4.90 Å². The number of carboxylic acids is 2. The lowest BCUT2D eigenvalue weighted by Crippen LogP contribution is -2.37. The molecule has 8 nitrogen and oxygen atoms in total. The fourth-order valence-corrected chi connectivity index (χ4v) is 3.44. The smallest absolute Gasteiger partial charge is 0.475 e. The maximum absolute atomic E-state index is 10.6. The standard InChI is InChI=1S/C15H24N4.2C2HF3O2/c1-12-9-16-14(17-10-12)19-6-4-15(5-7-19)8-13(15)11-18(2)3;2*3-2(4,5)1(6)7/h9-10,13H,4-8,11H2,1-3H3;2*(H,6,7). The molecular weight excluding hydrogens is 462 g/mol. The average Bonchev–Trinajstić information content (AvgIpc) is 3.32. The molecule has 1 aliphatic heterocycles. The van der Waals surface area contributed by atoms with Crippen LogP contribution in [-0.4, -0.2) is 83.1 Å². The summed E-state index contributed by atoms with van der Waals surface area (Å²) in [5, 5.41) is 14.2. The lowest BCUT2D eigenvalue weighted by atomic mass is 9.91. The van der Waals surface area contributed by atoms with Gasteiger partial charge in [-0.25, -0.2) is 19.6 Å². The van der Waals surface area contributed by atoms with Crippen LogP contribution in [0.1, 0.15) is 24.8 Å². The highest BCUT2D eigenvalue weighted by Gasteiger charge is 2.54. The van der Waals surface area contributed by atoms with E-state index in [0.29, 0.717) is 5.41 Å². The van der Waals surface area contributed by atoms with Crippen molar-refractivity contribution in [3.8, 4) is 0 Å². The average molecular weight is 488 g/mol. The first-order chi connectivity index (χ1) is 15.0. The fraction of sp³-hybridized carbons (Fsp3) is 0.684. The summed E-state index contributed by atoms with van der Waals surface area (Å²) in [6, 6.07) is 0. The molecule has 1 saturated carbocycles. The summed E-state index contributed by atoms with van der Waals surface area (Å²) in [5.41, 5.74) is 1.77. The third-order valence-electron chi connectivity index (χ3n) is 5.24. The van der Waals surface area contributed by atoms with E-state index in [1.165, 1.54) is 25.8 Å². The number of alkyl halides is 6. The van der Waals surface area contributed by atoms with Crippen LogP contribution in [-0.2, 0) is 9.59 Å². The van der Waals surface area contributed by atoms with Crippen molar-refractivity contribution < 1.29 is 46.1 Å². The van der Waals surface area contributed by atoms with E-state index in [1.807, 2.05) is 19.3 Å². The number of piperidine rings is 1. The van der Waals surface area contributed by atoms with Crippen molar-refractivity contribution >= 4 is 17.9 Å². The summed E-state index contributed by atoms with van der Waals surface area (Å²) in [6.45, 7) is 5.52. The van der Waals surface area contributed by atoms with Crippen LogP contribution in [0.4, 0.5) is 32.3 Å². The van der Waals surface area contributed by atoms with Crippen molar-refractivity contribution in [1.29, 1.82) is 0 Å². The van der Waals surface area contributed by atoms with E-state index in [0.717, 1.165) is 30.5 Å². The van der Waals surface area contributed by atoms with Gasteiger partial charge in [-0.05, 0) is 57.2 Å². The zero-order valence-electron chi connectivity index (χ0n) is 18.2. The Morgan fingerprint density at radius 2 is 1.42 bits per heavy atom. The van der Waals surface area contributed by atoms with E-state index in [1.54, 1.807) is 0 Å². The molecule has 0 bridgehead atoms. The van der Waals surface area contributed by atoms with Gasteiger partial charge in [-0.1, -0.05) is 0 Å². The van der Waals surface area contributed by atoms with Gasteiger partial charge in [-0.2, -0.15) is 26.3 Å². The quantitative estimate of drug-likeness (QED) is 0.625. The van der Waals surface area contributed by atoms with Crippen LogP contribution >= 0.6 is 0 Å². The largest absolute Gasteiger partial charge is 0.490 e. The van der Waals surface area contributed by atoms with Crippen molar-refractivity contribution in [3.05, 3.63) is 18.0 Å². The third kappa shape index (κ3) is 9.40. The Morgan fingerprint density at radius 3 is 1.76 bits per heavy atom. The Morgan fingerprint density at radius 1 is 1.03 bits per heavy atom. The molecule has 0 radical (unpaired) electrons. The first kappa shape index (κ1) is 28.4. The number of hydrogen-bond donors (Lipinski definition) is 2. The van der Waals surface area contributed by atoms with E-state index in [9.17, 15) is 26.3 Å². The third-order valence-corrected chi connectivity index (χ3v) is 5.24. The lowest BCUT2D eigenvalue weighted by molar-refractivity contribution is -0.193. The van der Waals surface area contributed by atoms with Crippen LogP contribution in [0.25, 0.3) is 0 Å². The van der Waals surface area contributed by atoms with Gasteiger partial charge in [-0.3, -0.25) is 0 Å². The van der Waals surface area contributed by atoms with Gasteiger partial charge in [0.05, 0.1) is 0 Å². The van der Waals surface area contributed by atoms with E-state index >= 15 is 0 Å². The Balaban J connectivity index is 0.000000324. The van der Waals surface area contributed by atoms with Crippen LogP contribution in [0.15, 0.2) is 12.4 Å². The number of halogens is 6. The second-order valence-electron chi connectivity index (χ2n) is 8.18. The molecule has 2 fully saturated rings. The summed E-state index contributed by atoms with van der Waals surface area (Å²) < 4.78 is 63.5. The number of anilines is 1. The van der Waals surface area contributed by atoms with Gasteiger partial charge in [0.2, 0.25) is 5.95 Å². The molecule has 33 heavy (non-hydrogen) atoms. The molecule has 1 aliphatic carbocycles. The van der Waals surface area contributed by atoms with Gasteiger partial charge >= 0.3 is 24.3 Å². The maximum Gasteiger partial charge on any atom is 0.490 e. The minimum absolute atomic E-state index is 0.644. The van der Waals surface area contributed by atoms with Crippen molar-refractivity contribution in [2.45, 2.75) is 38.5 Å². The van der Waals surface area contributed by atoms with Crippen LogP contribution in [0, 0.1) is 18.3 Å². The molecule has 1 atom stereocenters. The molecule has 1 unspecified atom stereocenters. The Bertz CT molecular complexity index is 767. The number of aliphatic carboxylic acids is 2. The molecule has 1 saturated heterocycles. The molecule has 3 rings (SSSR count). The van der Waals surface area contributed by atoms with Crippen LogP contribution in [0.3, 0.4) is 0 Å². The van der Waals surface area contributed by atoms with Crippen LogP contribution in [0.2, 0.25) is 0 Å². The molecule has 2 aliphatic rings. The van der Waals surface area contributed by atoms with Crippen molar-refractivity contribution in [2.24, 2.45) is 11.3 Å². The number of hydrogen-bond acceptors (Lipinski definition) is 6. The zero-order valence-corrected chi connectivity index (χ0v) is 18.2. The summed E-state index contributed by atoms with van der Waals surface area (Å²) in [7, 11) is 4.36. The number of aromatic nitrogens is 2. The number of aryl methyl sites for hydroxylation is 1. The van der Waals surface area contributed by atoms with Crippen molar-refractivity contribution in [3.63, 3.8) is 0 Å². The highest BCUT2D eigenvalue weighted by atomic mass is 19.4. The molecule has 0 aromatic carbocycles. The second-order valence-corrected chi connectivity index (χ2v) is 8.18. The molecule has 188 valence electrons. The minimum Gasteiger partial charge on any atom is -0.475 e. The van der Waals surface area contributed by atoms with Gasteiger partial charge in [-0.15, -0.1) is 0 Å². The van der Waals surface area contributed by atoms with Gasteiger partial charge < -0.3 is 20.0 Å². The molecule has 0 amide bonds. The predicted octanol–water partition coefficient (Wildman–Crippen LogP) is 3.22. The molecule has 14 heteroatoms. The number of nitrogens with zero attached hydrogens (tertiary/aromatic N) is 4. The lowest BCUT2D eigenvalue weighted by Gasteiger charge is -2.33. The first-order valence-corrected chi connectivity index (χ1v) is 9.76. The first-order valence-electron chi connectivity index (χ1n) is 9.76. The van der Waals surface area contributed by atoms with Gasteiger partial charge in [0.15, 0.2) is 0 Å². The van der Waals surface area contributed by atoms with Gasteiger partial charge in [0, 0.05) is 32.0 Å². The van der Waals surface area contributed by atoms with E-state index < -0.39 is 24.3 Å². The molecule has 2 heterocycles. The number of carbonyl (C=O) groups is 2. The van der Waals surface area contributed by atoms with E-state index in [4.69, 9.17) is 19.8 Å². The highest BCUT2D eigenvalue weighted by Crippen LogP contribution is 2.59. The SMILES string of the molecule is Cc1cnc(N2CCC3(CC2)CC3CN(C)C)nc1.O=C(O)C(F)(F)F.O=C(O)C(F)(F)F. The minimum atomic E-state index is -5.08. The molecule has 1 spiro atoms. The van der Waals surface area contributed by atoms with Crippen molar-refractivity contribution in [2.75, 3.05) is 38.6 Å². The molecule has 1 aromatic rings. The normalized spacial score (nSPS) is 19.2. The van der Waals surface area contributed by atoms with Crippen LogP contribution in [0.5, 0.6) is 0 Å². The molecular formula is C19H26F6N4O4. The summed E-state index contributed by atoms with van der Waals surface area (Å²) >= 11 is 0. The summed E-state index contributed by atoms with van der Waals surface area (Å²) in [5.74, 6) is -3.69. The van der Waals surface area contributed by atoms with E-state index in [-0.39, 0.29) is 0 Å². The number of rotatable bonds is 3. The predicted molar refractivity (Wildman–Crippen MR) is 105 cm³/mol. The van der Waals surface area contributed by atoms with E-state index in [2.05, 4.69) is 33.9 Å². The number of carboxylic acid groups (broad SMARTS) is 2. The summed E-state index contributed by atoms with van der Waals surface area (Å²) in [4.78, 5) is 31.4. The van der Waals surface area contributed by atoms with Gasteiger partial charge in [0.25, 0.3) is 0 Å². The molecule has 2 N–H and O–H groups in total. The Hall–Kier alpha value is -2.64. The van der Waals surface area contributed by atoms with Gasteiger partial charge in [0.1, 0.15) is 0 Å². The second kappa shape index (κ2) is 11.0. The Labute approximate surface area is 186 Å². The monoisotopic (exact) mass is 488 g/mol. The maximum atomic E-state index is 10.6. The Kier molecular flexibility index (Phi) is 9.45. The molecule has 1 aromatic heterocycles. The summed E-state index contributed by atoms with van der Waals surface area (Å²) in [6.07, 6.45) is -2.30. The van der Waals surface area contributed by atoms with Crippen molar-refractivity contribution in [1.82, 2.24) is 14.9 Å². The highest BCUT2D eigenvalue weighted by molar-refractivity contribution is 5.73. The zero-order chi connectivity index (χ0) is 25.6. The topological polar surface area (TPSA) is 107 Å². The fourth-order valence-electron chi connectivity index (χ4n) is 3.44.